The molecule has 1 N–H and O–H groups in total. The summed E-state index contributed by atoms with van der Waals surface area (Å²) in [6.45, 7) is 3.43. The van der Waals surface area contributed by atoms with Gasteiger partial charge >= 0.3 is 0 Å². The van der Waals surface area contributed by atoms with Gasteiger partial charge in [0.1, 0.15) is 11.6 Å². The van der Waals surface area contributed by atoms with Gasteiger partial charge in [-0.15, -0.1) is 0 Å². The van der Waals surface area contributed by atoms with Crippen molar-refractivity contribution in [3.63, 3.8) is 0 Å². The Hall–Kier alpha value is -4.65. The highest BCUT2D eigenvalue weighted by Crippen LogP contribution is 2.15. The van der Waals surface area contributed by atoms with Crippen molar-refractivity contribution in [1.82, 2.24) is 15.2 Å². The van der Waals surface area contributed by atoms with Gasteiger partial charge in [-0.3, -0.25) is 19.7 Å². The lowest BCUT2D eigenvalue weighted by molar-refractivity contribution is -0.385. The van der Waals surface area contributed by atoms with Gasteiger partial charge in [0.05, 0.1) is 22.4 Å². The molecule has 32 heavy (non-hydrogen) atoms. The number of nitro benzene ring substituents is 1. The van der Waals surface area contributed by atoms with Crippen LogP contribution in [0.4, 0.5) is 5.69 Å². The zero-order valence-electron chi connectivity index (χ0n) is 17.3. The van der Waals surface area contributed by atoms with Crippen LogP contribution in [0.3, 0.4) is 0 Å². The Morgan fingerprint density at radius 1 is 1.28 bits per heavy atom. The first kappa shape index (κ1) is 22.0. The number of nitrogens with one attached hydrogen (secondary N) is 1. The molecule has 0 atom stereocenters. The van der Waals surface area contributed by atoms with Crippen molar-refractivity contribution in [3.8, 4) is 11.8 Å². The van der Waals surface area contributed by atoms with Crippen LogP contribution < -0.4 is 11.0 Å². The number of hydrogen-bond acceptors (Lipinski definition) is 7. The first-order valence-corrected chi connectivity index (χ1v) is 9.57. The van der Waals surface area contributed by atoms with Crippen molar-refractivity contribution < 1.29 is 9.72 Å². The Labute approximate surface area is 182 Å². The number of nitro groups is 1. The van der Waals surface area contributed by atoms with E-state index in [-0.39, 0.29) is 28.1 Å². The number of nitrogens with zero attached hydrogens (tertiary/aromatic N) is 5. The van der Waals surface area contributed by atoms with Gasteiger partial charge in [-0.25, -0.2) is 5.43 Å². The van der Waals surface area contributed by atoms with Gasteiger partial charge in [-0.2, -0.15) is 20.1 Å². The third kappa shape index (κ3) is 4.41. The summed E-state index contributed by atoms with van der Waals surface area (Å²) in [5, 5.41) is 28.4. The molecule has 0 fully saturated rings. The van der Waals surface area contributed by atoms with Crippen molar-refractivity contribution in [2.24, 2.45) is 5.10 Å². The van der Waals surface area contributed by atoms with E-state index in [2.05, 4.69) is 15.6 Å². The number of carbonyl (C=O) groups excluding carboxylic acids is 1. The van der Waals surface area contributed by atoms with Gasteiger partial charge in [0.2, 0.25) is 0 Å². The predicted octanol–water partition coefficient (Wildman–Crippen LogP) is 2.65. The maximum Gasteiger partial charge on any atom is 0.292 e. The van der Waals surface area contributed by atoms with Crippen molar-refractivity contribution in [3.05, 3.63) is 96.9 Å². The molecule has 0 spiro atoms. The van der Waals surface area contributed by atoms with Gasteiger partial charge in [0, 0.05) is 11.6 Å². The van der Waals surface area contributed by atoms with E-state index < -0.39 is 16.4 Å². The number of rotatable bonds is 6. The second kappa shape index (κ2) is 9.44. The van der Waals surface area contributed by atoms with E-state index in [0.29, 0.717) is 5.69 Å². The van der Waals surface area contributed by atoms with Crippen LogP contribution in [0, 0.1) is 28.4 Å². The third-order valence-corrected chi connectivity index (χ3v) is 4.76. The quantitative estimate of drug-likeness (QED) is 0.362. The Kier molecular flexibility index (Phi) is 6.50. The Morgan fingerprint density at radius 2 is 1.97 bits per heavy atom. The van der Waals surface area contributed by atoms with Crippen LogP contribution in [-0.2, 0) is 6.42 Å². The SMILES string of the molecule is CCc1ccc(-n2nc(C(=O)N/N=C/c3ccccc3[N+](=O)[O-])c(C)c(C#N)c2=O)cc1. The summed E-state index contributed by atoms with van der Waals surface area (Å²) in [7, 11) is 0. The number of amides is 1. The molecule has 0 radical (unpaired) electrons. The number of hydrazone groups is 1. The average molecular weight is 430 g/mol. The van der Waals surface area contributed by atoms with Gasteiger partial charge in [-0.05, 0) is 37.1 Å². The molecular formula is C22H18N6O4. The summed E-state index contributed by atoms with van der Waals surface area (Å²) < 4.78 is 0.992. The van der Waals surface area contributed by atoms with Crippen LogP contribution in [0.5, 0.6) is 0 Å². The van der Waals surface area contributed by atoms with Crippen LogP contribution in [0.2, 0.25) is 0 Å². The normalized spacial score (nSPS) is 10.7. The molecule has 1 amide bonds. The average Bonchev–Trinajstić information content (AvgIpc) is 2.80. The van der Waals surface area contributed by atoms with Crippen LogP contribution in [0.1, 0.15) is 39.7 Å². The highest BCUT2D eigenvalue weighted by atomic mass is 16.6. The molecule has 0 aliphatic carbocycles. The first-order chi connectivity index (χ1) is 15.4. The Bertz CT molecular complexity index is 1320. The molecule has 1 aromatic heterocycles. The number of aromatic nitrogens is 2. The molecule has 0 saturated carbocycles. The summed E-state index contributed by atoms with van der Waals surface area (Å²) >= 11 is 0. The molecule has 160 valence electrons. The molecular weight excluding hydrogens is 412 g/mol. The number of benzene rings is 2. The van der Waals surface area contributed by atoms with E-state index in [9.17, 15) is 25.0 Å². The van der Waals surface area contributed by atoms with Crippen LogP contribution in [0.15, 0.2) is 58.4 Å². The van der Waals surface area contributed by atoms with Gasteiger partial charge in [0.25, 0.3) is 17.2 Å². The van der Waals surface area contributed by atoms with Crippen molar-refractivity contribution in [2.45, 2.75) is 20.3 Å². The fourth-order valence-electron chi connectivity index (χ4n) is 2.98. The van der Waals surface area contributed by atoms with Crippen molar-refractivity contribution in [2.75, 3.05) is 0 Å². The molecule has 0 saturated heterocycles. The summed E-state index contributed by atoms with van der Waals surface area (Å²) in [4.78, 5) is 35.9. The Balaban J connectivity index is 1.96. The molecule has 3 aromatic rings. The molecule has 0 unspecified atom stereocenters. The largest absolute Gasteiger partial charge is 0.292 e. The molecule has 2 aromatic carbocycles. The highest BCUT2D eigenvalue weighted by molar-refractivity contribution is 5.95. The van der Waals surface area contributed by atoms with Gasteiger partial charge < -0.3 is 0 Å². The minimum absolute atomic E-state index is 0.109. The summed E-state index contributed by atoms with van der Waals surface area (Å²) in [5.41, 5.74) is 2.81. The molecule has 10 nitrogen and oxygen atoms in total. The number of hydrogen-bond donors (Lipinski definition) is 1. The number of aryl methyl sites for hydroxylation is 1. The second-order valence-electron chi connectivity index (χ2n) is 6.71. The predicted molar refractivity (Wildman–Crippen MR) is 117 cm³/mol. The summed E-state index contributed by atoms with van der Waals surface area (Å²) in [5.74, 6) is -0.771. The summed E-state index contributed by atoms with van der Waals surface area (Å²) in [6.07, 6.45) is 1.95. The third-order valence-electron chi connectivity index (χ3n) is 4.76. The van der Waals surface area contributed by atoms with E-state index in [1.807, 2.05) is 25.1 Å². The molecule has 0 aliphatic rings. The van der Waals surface area contributed by atoms with Crippen molar-refractivity contribution in [1.29, 1.82) is 5.26 Å². The Morgan fingerprint density at radius 3 is 2.59 bits per heavy atom. The minimum Gasteiger partial charge on any atom is -0.266 e. The minimum atomic E-state index is -0.771. The molecule has 3 rings (SSSR count). The monoisotopic (exact) mass is 430 g/mol. The topological polar surface area (TPSA) is 143 Å². The van der Waals surface area contributed by atoms with Gasteiger partial charge in [-0.1, -0.05) is 31.2 Å². The second-order valence-corrected chi connectivity index (χ2v) is 6.71. The van der Waals surface area contributed by atoms with Crippen LogP contribution >= 0.6 is 0 Å². The fraction of sp³-hybridized carbons (Fsp3) is 0.136. The molecule has 0 bridgehead atoms. The fourth-order valence-corrected chi connectivity index (χ4v) is 2.98. The van der Waals surface area contributed by atoms with E-state index in [1.54, 1.807) is 18.2 Å². The maximum atomic E-state index is 12.7. The molecule has 10 heteroatoms. The number of para-hydroxylation sites is 1. The van der Waals surface area contributed by atoms with E-state index in [4.69, 9.17) is 0 Å². The zero-order chi connectivity index (χ0) is 23.3. The highest BCUT2D eigenvalue weighted by Gasteiger charge is 2.20. The van der Waals surface area contributed by atoms with E-state index in [0.717, 1.165) is 22.9 Å². The smallest absolute Gasteiger partial charge is 0.266 e. The molecule has 0 aliphatic heterocycles. The van der Waals surface area contributed by atoms with Crippen LogP contribution in [-0.4, -0.2) is 26.8 Å². The maximum absolute atomic E-state index is 12.7. The first-order valence-electron chi connectivity index (χ1n) is 9.57. The van der Waals surface area contributed by atoms with E-state index >= 15 is 0 Å². The number of carbonyl (C=O) groups is 1. The zero-order valence-corrected chi connectivity index (χ0v) is 17.3. The van der Waals surface area contributed by atoms with Crippen molar-refractivity contribution >= 4 is 17.8 Å². The standard InChI is InChI=1S/C22H18N6O4/c1-3-15-8-10-17(11-9-15)27-22(30)18(12-23)14(2)20(26-27)21(29)25-24-13-16-6-4-5-7-19(16)28(31)32/h4-11,13H,3H2,1-2H3,(H,25,29)/b24-13+. The van der Waals surface area contributed by atoms with E-state index in [1.165, 1.54) is 25.1 Å². The van der Waals surface area contributed by atoms with Crippen LogP contribution in [0.25, 0.3) is 5.69 Å². The summed E-state index contributed by atoms with van der Waals surface area (Å²) in [6, 6.07) is 14.7. The lowest BCUT2D eigenvalue weighted by Crippen LogP contribution is -2.31. The van der Waals surface area contributed by atoms with Gasteiger partial charge in [0.15, 0.2) is 5.69 Å². The lowest BCUT2D eigenvalue weighted by Gasteiger charge is -2.11. The molecule has 1 heterocycles. The lowest BCUT2D eigenvalue weighted by atomic mass is 10.1. The number of nitriles is 1.